The van der Waals surface area contributed by atoms with Crippen molar-refractivity contribution in [2.45, 2.75) is 18.9 Å². The van der Waals surface area contributed by atoms with Gasteiger partial charge in [-0.1, -0.05) is 36.4 Å². The standard InChI is InChI=1S/C20H21FN2O2.C12H10N2/c1-24-14-10-16(21)20(19(11-14)25-2)15-12-22-7-8-23-17-6-4-3-5-13(17)9-18(15)23;1-2-4-12-10(3-1)9-11-5-6-13-7-8-14(11)12/h3-6,9-11,15,22H,7-8,12H2,1-2H3;1-4,6-9H,5H2. The molecule has 0 fully saturated rings. The molecule has 0 spiro atoms. The number of fused-ring (bicyclic) bond motifs is 6. The highest BCUT2D eigenvalue weighted by molar-refractivity contribution is 5.85. The van der Waals surface area contributed by atoms with Crippen molar-refractivity contribution in [3.8, 4) is 11.5 Å². The Bertz CT molecular complexity index is 1700. The monoisotopic (exact) mass is 522 g/mol. The maximum Gasteiger partial charge on any atom is 0.134 e. The minimum atomic E-state index is -0.304. The maximum absolute atomic E-state index is 15.0. The highest BCUT2D eigenvalue weighted by Gasteiger charge is 2.28. The molecule has 0 amide bonds. The number of halogens is 1. The zero-order valence-electron chi connectivity index (χ0n) is 22.1. The molecule has 6 nitrogen and oxygen atoms in total. The fourth-order valence-electron chi connectivity index (χ4n) is 5.63. The van der Waals surface area contributed by atoms with Crippen LogP contribution in [-0.4, -0.2) is 42.7 Å². The largest absolute Gasteiger partial charge is 0.497 e. The number of para-hydroxylation sites is 2. The summed E-state index contributed by atoms with van der Waals surface area (Å²) in [5, 5.41) is 5.90. The molecule has 1 N–H and O–H groups in total. The predicted octanol–water partition coefficient (Wildman–Crippen LogP) is 6.23. The first kappa shape index (κ1) is 24.9. The number of ether oxygens (including phenoxy) is 2. The molecule has 198 valence electrons. The van der Waals surface area contributed by atoms with Gasteiger partial charge >= 0.3 is 0 Å². The average molecular weight is 523 g/mol. The molecule has 5 aromatic rings. The smallest absolute Gasteiger partial charge is 0.134 e. The summed E-state index contributed by atoms with van der Waals surface area (Å²) < 4.78 is 30.1. The third-order valence-electron chi connectivity index (χ3n) is 7.46. The topological polar surface area (TPSA) is 52.7 Å². The SMILES string of the molecule is C1=Cn2c(cc3ccccc32)CC=N1.COc1cc(F)c(C2CNCCn3c2cc2ccccc23)c(OC)c1. The van der Waals surface area contributed by atoms with Crippen molar-refractivity contribution >= 4 is 34.2 Å². The van der Waals surface area contributed by atoms with Gasteiger partial charge in [-0.2, -0.15) is 0 Å². The molecule has 0 bridgehead atoms. The molecule has 7 heteroatoms. The van der Waals surface area contributed by atoms with Crippen LogP contribution in [0.25, 0.3) is 28.0 Å². The fraction of sp³-hybridized carbons (Fsp3) is 0.219. The van der Waals surface area contributed by atoms with Gasteiger partial charge in [0.05, 0.1) is 19.7 Å². The van der Waals surface area contributed by atoms with Crippen molar-refractivity contribution in [2.24, 2.45) is 4.99 Å². The maximum atomic E-state index is 15.0. The first-order chi connectivity index (χ1) is 19.2. The van der Waals surface area contributed by atoms with E-state index >= 15 is 0 Å². The summed E-state index contributed by atoms with van der Waals surface area (Å²) in [5.41, 5.74) is 5.40. The summed E-state index contributed by atoms with van der Waals surface area (Å²) in [6.07, 6.45) is 6.69. The summed E-state index contributed by atoms with van der Waals surface area (Å²) in [5.74, 6) is 0.542. The summed E-state index contributed by atoms with van der Waals surface area (Å²) in [4.78, 5) is 4.14. The quantitative estimate of drug-likeness (QED) is 0.306. The van der Waals surface area contributed by atoms with E-state index in [2.05, 4.69) is 68.0 Å². The number of nitrogens with one attached hydrogen (secondary N) is 1. The molecule has 0 saturated heterocycles. The average Bonchev–Trinajstić information content (AvgIpc) is 3.31. The van der Waals surface area contributed by atoms with Crippen molar-refractivity contribution in [3.63, 3.8) is 0 Å². The van der Waals surface area contributed by atoms with E-state index in [1.165, 1.54) is 40.7 Å². The molecular weight excluding hydrogens is 491 g/mol. The first-order valence-corrected chi connectivity index (χ1v) is 13.2. The van der Waals surface area contributed by atoms with E-state index in [1.807, 2.05) is 30.7 Å². The highest BCUT2D eigenvalue weighted by Crippen LogP contribution is 2.39. The molecule has 2 aliphatic heterocycles. The lowest BCUT2D eigenvalue weighted by Gasteiger charge is -2.21. The Morgan fingerprint density at radius 3 is 2.49 bits per heavy atom. The lowest BCUT2D eigenvalue weighted by Crippen LogP contribution is -2.22. The minimum absolute atomic E-state index is 0.129. The van der Waals surface area contributed by atoms with Gasteiger partial charge in [0.25, 0.3) is 0 Å². The van der Waals surface area contributed by atoms with Crippen molar-refractivity contribution in [3.05, 3.63) is 102 Å². The van der Waals surface area contributed by atoms with E-state index in [1.54, 1.807) is 13.2 Å². The number of methoxy groups -OCH3 is 2. The normalized spacial score (nSPS) is 16.1. The van der Waals surface area contributed by atoms with Gasteiger partial charge in [-0.3, -0.25) is 4.99 Å². The molecule has 2 aromatic heterocycles. The van der Waals surface area contributed by atoms with E-state index in [0.29, 0.717) is 23.6 Å². The Morgan fingerprint density at radius 2 is 1.69 bits per heavy atom. The number of nitrogens with zero attached hydrogens (tertiary/aromatic N) is 3. The number of rotatable bonds is 3. The summed E-state index contributed by atoms with van der Waals surface area (Å²) >= 11 is 0. The van der Waals surface area contributed by atoms with E-state index in [4.69, 9.17) is 9.47 Å². The Balaban J connectivity index is 0.000000166. The highest BCUT2D eigenvalue weighted by atomic mass is 19.1. The number of aromatic nitrogens is 2. The van der Waals surface area contributed by atoms with Crippen LogP contribution in [0.5, 0.6) is 11.5 Å². The number of aliphatic imine (C=N–C) groups is 1. The molecule has 0 radical (unpaired) electrons. The zero-order chi connectivity index (χ0) is 26.8. The number of hydrogen-bond donors (Lipinski definition) is 1. The first-order valence-electron chi connectivity index (χ1n) is 13.2. The summed E-state index contributed by atoms with van der Waals surface area (Å²) in [6.45, 7) is 2.37. The lowest BCUT2D eigenvalue weighted by molar-refractivity contribution is 0.381. The van der Waals surface area contributed by atoms with E-state index in [-0.39, 0.29) is 11.7 Å². The molecule has 4 heterocycles. The summed E-state index contributed by atoms with van der Waals surface area (Å²) in [6, 6.07) is 24.2. The van der Waals surface area contributed by atoms with Gasteiger partial charge in [-0.05, 0) is 29.7 Å². The number of benzene rings is 3. The van der Waals surface area contributed by atoms with Crippen LogP contribution < -0.4 is 14.8 Å². The van der Waals surface area contributed by atoms with Crippen LogP contribution in [0, 0.1) is 5.82 Å². The van der Waals surface area contributed by atoms with Crippen LogP contribution in [0.1, 0.15) is 22.9 Å². The molecule has 39 heavy (non-hydrogen) atoms. The fourth-order valence-corrected chi connectivity index (χ4v) is 5.63. The molecule has 0 aliphatic carbocycles. The molecule has 0 saturated carbocycles. The van der Waals surface area contributed by atoms with Crippen molar-refractivity contribution in [1.82, 2.24) is 14.5 Å². The van der Waals surface area contributed by atoms with Crippen molar-refractivity contribution < 1.29 is 13.9 Å². The molecule has 1 unspecified atom stereocenters. The van der Waals surface area contributed by atoms with Crippen molar-refractivity contribution in [1.29, 1.82) is 0 Å². The van der Waals surface area contributed by atoms with Gasteiger partial charge in [-0.25, -0.2) is 4.39 Å². The van der Waals surface area contributed by atoms with Crippen LogP contribution in [0.15, 0.2) is 84.0 Å². The zero-order valence-corrected chi connectivity index (χ0v) is 22.1. The number of hydrogen-bond acceptors (Lipinski definition) is 4. The molecular formula is C32H31FN4O2. The van der Waals surface area contributed by atoms with E-state index in [0.717, 1.165) is 25.2 Å². The van der Waals surface area contributed by atoms with Crippen LogP contribution in [0.2, 0.25) is 0 Å². The Morgan fingerprint density at radius 1 is 0.923 bits per heavy atom. The minimum Gasteiger partial charge on any atom is -0.497 e. The molecule has 7 rings (SSSR count). The van der Waals surface area contributed by atoms with Crippen LogP contribution in [0.3, 0.4) is 0 Å². The second kappa shape index (κ2) is 10.8. The predicted molar refractivity (Wildman–Crippen MR) is 156 cm³/mol. The third-order valence-corrected chi connectivity index (χ3v) is 7.46. The summed E-state index contributed by atoms with van der Waals surface area (Å²) in [7, 11) is 3.09. The van der Waals surface area contributed by atoms with Crippen LogP contribution in [0.4, 0.5) is 4.39 Å². The third kappa shape index (κ3) is 4.70. The van der Waals surface area contributed by atoms with Gasteiger partial charge in [0, 0.05) is 90.6 Å². The van der Waals surface area contributed by atoms with Crippen LogP contribution >= 0.6 is 0 Å². The second-order valence-corrected chi connectivity index (χ2v) is 9.66. The Labute approximate surface area is 227 Å². The van der Waals surface area contributed by atoms with E-state index < -0.39 is 0 Å². The van der Waals surface area contributed by atoms with Gasteiger partial charge in [0.1, 0.15) is 17.3 Å². The molecule has 1 atom stereocenters. The molecule has 2 aliphatic rings. The molecule has 3 aromatic carbocycles. The Kier molecular flexibility index (Phi) is 6.90. The lowest BCUT2D eigenvalue weighted by atomic mass is 9.93. The van der Waals surface area contributed by atoms with Crippen molar-refractivity contribution in [2.75, 3.05) is 27.3 Å². The van der Waals surface area contributed by atoms with Gasteiger partial charge in [0.2, 0.25) is 0 Å². The second-order valence-electron chi connectivity index (χ2n) is 9.66. The van der Waals surface area contributed by atoms with Gasteiger partial charge < -0.3 is 23.9 Å². The van der Waals surface area contributed by atoms with Gasteiger partial charge in [0.15, 0.2) is 0 Å². The Hall–Kier alpha value is -4.36. The van der Waals surface area contributed by atoms with Crippen LogP contribution in [-0.2, 0) is 13.0 Å². The van der Waals surface area contributed by atoms with Gasteiger partial charge in [-0.15, -0.1) is 0 Å². The van der Waals surface area contributed by atoms with E-state index in [9.17, 15) is 4.39 Å².